The first-order valence-electron chi connectivity index (χ1n) is 9.44. The molecule has 0 bridgehead atoms. The van der Waals surface area contributed by atoms with Crippen LogP contribution in [0.4, 0.5) is 0 Å². The van der Waals surface area contributed by atoms with Crippen molar-refractivity contribution in [2.75, 3.05) is 13.2 Å². The molecule has 0 aliphatic carbocycles. The maximum absolute atomic E-state index is 12.6. The minimum Gasteiger partial charge on any atom is -0.490 e. The minimum absolute atomic E-state index is 0.140. The van der Waals surface area contributed by atoms with Crippen LogP contribution < -0.4 is 9.47 Å². The average Bonchev–Trinajstić information content (AvgIpc) is 2.96. The third-order valence-corrected chi connectivity index (χ3v) is 6.11. The Balaban J connectivity index is 1.88. The molecule has 0 N–H and O–H groups in total. The van der Waals surface area contributed by atoms with Crippen LogP contribution in [0.1, 0.15) is 23.6 Å². The van der Waals surface area contributed by atoms with E-state index in [4.69, 9.17) is 33.3 Å². The molecule has 1 fully saturated rings. The Morgan fingerprint density at radius 3 is 2.73 bits per heavy atom. The van der Waals surface area contributed by atoms with Gasteiger partial charge in [0, 0.05) is 6.54 Å². The Bertz CT molecular complexity index is 1020. The molecule has 0 saturated carbocycles. The van der Waals surface area contributed by atoms with Gasteiger partial charge in [-0.15, -0.1) is 6.58 Å². The molecule has 1 aliphatic heterocycles. The van der Waals surface area contributed by atoms with E-state index in [9.17, 15) is 4.79 Å². The van der Waals surface area contributed by atoms with Crippen molar-refractivity contribution >= 4 is 51.9 Å². The van der Waals surface area contributed by atoms with Crippen molar-refractivity contribution in [3.8, 4) is 11.5 Å². The van der Waals surface area contributed by atoms with Gasteiger partial charge < -0.3 is 9.47 Å². The first-order chi connectivity index (χ1) is 14.4. The number of hydrogen-bond donors (Lipinski definition) is 0. The molecule has 0 radical (unpaired) electrons. The van der Waals surface area contributed by atoms with Gasteiger partial charge in [0.05, 0.1) is 16.5 Å². The van der Waals surface area contributed by atoms with Gasteiger partial charge in [-0.1, -0.05) is 65.9 Å². The first kappa shape index (κ1) is 22.4. The highest BCUT2D eigenvalue weighted by atomic mass is 35.5. The van der Waals surface area contributed by atoms with Crippen LogP contribution in [0.5, 0.6) is 11.5 Å². The monoisotopic (exact) mass is 459 g/mol. The molecular formula is C23H22ClNO3S2. The molecular weight excluding hydrogens is 438 g/mol. The van der Waals surface area contributed by atoms with E-state index in [1.54, 1.807) is 18.2 Å². The highest BCUT2D eigenvalue weighted by Crippen LogP contribution is 2.39. The molecule has 1 amide bonds. The number of ether oxygens (including phenoxy) is 2. The number of aryl methyl sites for hydroxylation is 1. The van der Waals surface area contributed by atoms with Gasteiger partial charge >= 0.3 is 0 Å². The Hall–Kier alpha value is -2.28. The number of carbonyl (C=O) groups is 1. The SMILES string of the molecule is C=CCN1C(=O)C(=Cc2cc(Cl)c(OCc3ccccc3C)c(OCC)c2)SC1=S. The largest absolute Gasteiger partial charge is 0.490 e. The Morgan fingerprint density at radius 2 is 2.03 bits per heavy atom. The lowest BCUT2D eigenvalue weighted by Gasteiger charge is -2.15. The van der Waals surface area contributed by atoms with Crippen molar-refractivity contribution in [1.29, 1.82) is 0 Å². The molecule has 30 heavy (non-hydrogen) atoms. The highest BCUT2D eigenvalue weighted by Gasteiger charge is 2.31. The summed E-state index contributed by atoms with van der Waals surface area (Å²) in [5.41, 5.74) is 2.96. The quantitative estimate of drug-likeness (QED) is 0.274. The van der Waals surface area contributed by atoms with E-state index in [-0.39, 0.29) is 5.91 Å². The third-order valence-electron chi connectivity index (χ3n) is 4.45. The third kappa shape index (κ3) is 5.06. The molecule has 2 aromatic rings. The number of rotatable bonds is 8. The summed E-state index contributed by atoms with van der Waals surface area (Å²) in [4.78, 5) is 14.6. The molecule has 1 heterocycles. The number of benzene rings is 2. The van der Waals surface area contributed by atoms with Crippen LogP contribution in [0.15, 0.2) is 54.0 Å². The molecule has 3 rings (SSSR count). The van der Waals surface area contributed by atoms with Crippen LogP contribution in [-0.4, -0.2) is 28.3 Å². The zero-order valence-corrected chi connectivity index (χ0v) is 19.2. The second kappa shape index (κ2) is 10.2. The predicted molar refractivity (Wildman–Crippen MR) is 128 cm³/mol. The fourth-order valence-electron chi connectivity index (χ4n) is 2.93. The normalized spacial score (nSPS) is 15.0. The lowest BCUT2D eigenvalue weighted by atomic mass is 10.1. The van der Waals surface area contributed by atoms with E-state index in [1.807, 2.05) is 44.2 Å². The van der Waals surface area contributed by atoms with Gasteiger partial charge in [0.25, 0.3) is 5.91 Å². The summed E-state index contributed by atoms with van der Waals surface area (Å²) in [5.74, 6) is 0.878. The lowest BCUT2D eigenvalue weighted by molar-refractivity contribution is -0.121. The van der Waals surface area contributed by atoms with Crippen LogP contribution in [0, 0.1) is 6.92 Å². The molecule has 0 spiro atoms. The van der Waals surface area contributed by atoms with Crippen molar-refractivity contribution in [3.63, 3.8) is 0 Å². The van der Waals surface area contributed by atoms with Crippen molar-refractivity contribution < 1.29 is 14.3 Å². The summed E-state index contributed by atoms with van der Waals surface area (Å²) in [6.07, 6.45) is 3.42. The zero-order valence-electron chi connectivity index (χ0n) is 16.8. The molecule has 7 heteroatoms. The van der Waals surface area contributed by atoms with Gasteiger partial charge in [-0.2, -0.15) is 0 Å². The van der Waals surface area contributed by atoms with Crippen LogP contribution in [0.3, 0.4) is 0 Å². The van der Waals surface area contributed by atoms with E-state index >= 15 is 0 Å². The topological polar surface area (TPSA) is 38.8 Å². The van der Waals surface area contributed by atoms with Crippen LogP contribution >= 0.6 is 35.6 Å². The van der Waals surface area contributed by atoms with Crippen molar-refractivity contribution in [2.24, 2.45) is 0 Å². The number of amides is 1. The smallest absolute Gasteiger partial charge is 0.266 e. The van der Waals surface area contributed by atoms with E-state index < -0.39 is 0 Å². The van der Waals surface area contributed by atoms with Gasteiger partial charge in [-0.25, -0.2) is 0 Å². The van der Waals surface area contributed by atoms with Crippen LogP contribution in [0.2, 0.25) is 5.02 Å². The Labute approximate surface area is 191 Å². The number of thioether (sulfide) groups is 1. The van der Waals surface area contributed by atoms with Gasteiger partial charge in [-0.05, 0) is 48.7 Å². The maximum atomic E-state index is 12.6. The number of carbonyl (C=O) groups excluding carboxylic acids is 1. The van der Waals surface area contributed by atoms with Gasteiger partial charge in [-0.3, -0.25) is 9.69 Å². The molecule has 0 aromatic heterocycles. The molecule has 2 aromatic carbocycles. The van der Waals surface area contributed by atoms with Crippen molar-refractivity contribution in [3.05, 3.63) is 75.7 Å². The molecule has 1 saturated heterocycles. The maximum Gasteiger partial charge on any atom is 0.266 e. The van der Waals surface area contributed by atoms with Gasteiger partial charge in [0.2, 0.25) is 0 Å². The molecule has 0 unspecified atom stereocenters. The van der Waals surface area contributed by atoms with E-state index in [0.29, 0.717) is 45.5 Å². The van der Waals surface area contributed by atoms with Crippen molar-refractivity contribution in [2.45, 2.75) is 20.5 Å². The Kier molecular flexibility index (Phi) is 7.58. The van der Waals surface area contributed by atoms with E-state index in [1.165, 1.54) is 16.7 Å². The Morgan fingerprint density at radius 1 is 1.27 bits per heavy atom. The molecule has 4 nitrogen and oxygen atoms in total. The number of halogens is 1. The second-order valence-corrected chi connectivity index (χ2v) is 8.64. The fraction of sp³-hybridized carbons (Fsp3) is 0.217. The average molecular weight is 460 g/mol. The summed E-state index contributed by atoms with van der Waals surface area (Å²) >= 11 is 13.1. The molecule has 156 valence electrons. The van der Waals surface area contributed by atoms with Gasteiger partial charge in [0.15, 0.2) is 11.5 Å². The molecule has 1 aliphatic rings. The summed E-state index contributed by atoms with van der Waals surface area (Å²) < 4.78 is 12.3. The van der Waals surface area contributed by atoms with Crippen molar-refractivity contribution in [1.82, 2.24) is 4.90 Å². The van der Waals surface area contributed by atoms with Crippen LogP contribution in [-0.2, 0) is 11.4 Å². The van der Waals surface area contributed by atoms with E-state index in [2.05, 4.69) is 6.58 Å². The number of nitrogens with zero attached hydrogens (tertiary/aromatic N) is 1. The number of thiocarbonyl (C=S) groups is 1. The summed E-state index contributed by atoms with van der Waals surface area (Å²) in [5, 5.41) is 0.419. The highest BCUT2D eigenvalue weighted by molar-refractivity contribution is 8.26. The predicted octanol–water partition coefficient (Wildman–Crippen LogP) is 6.01. The standard InChI is InChI=1S/C23H22ClNO3S2/c1-4-10-25-22(26)20(30-23(25)29)13-16-11-18(24)21(19(12-16)27-5-2)28-14-17-9-7-6-8-15(17)3/h4,6-9,11-13H,1,5,10,14H2,2-3H3. The minimum atomic E-state index is -0.140. The summed E-state index contributed by atoms with van der Waals surface area (Å²) in [6.45, 7) is 8.83. The van der Waals surface area contributed by atoms with Crippen LogP contribution in [0.25, 0.3) is 6.08 Å². The van der Waals surface area contributed by atoms with Gasteiger partial charge in [0.1, 0.15) is 10.9 Å². The fourth-order valence-corrected chi connectivity index (χ4v) is 4.48. The lowest BCUT2D eigenvalue weighted by Crippen LogP contribution is -2.27. The van der Waals surface area contributed by atoms with E-state index in [0.717, 1.165) is 16.7 Å². The zero-order chi connectivity index (χ0) is 21.7. The summed E-state index contributed by atoms with van der Waals surface area (Å²) in [7, 11) is 0. The molecule has 0 atom stereocenters. The second-order valence-electron chi connectivity index (χ2n) is 6.56. The first-order valence-corrected chi connectivity index (χ1v) is 11.0. The summed E-state index contributed by atoms with van der Waals surface area (Å²) in [6, 6.07) is 11.6. The number of hydrogen-bond acceptors (Lipinski definition) is 5.